The van der Waals surface area contributed by atoms with Crippen LogP contribution in [0.3, 0.4) is 0 Å². The Morgan fingerprint density at radius 2 is 1.96 bits per heavy atom. The number of nitrogens with one attached hydrogen (secondary N) is 2. The molecule has 0 spiro atoms. The summed E-state index contributed by atoms with van der Waals surface area (Å²) in [5, 5.41) is 11.7. The summed E-state index contributed by atoms with van der Waals surface area (Å²) in [5.41, 5.74) is 1.20. The van der Waals surface area contributed by atoms with Crippen LogP contribution in [0.5, 0.6) is 0 Å². The zero-order valence-electron chi connectivity index (χ0n) is 13.7. The van der Waals surface area contributed by atoms with E-state index in [0.29, 0.717) is 22.7 Å². The first kappa shape index (κ1) is 16.9. The summed E-state index contributed by atoms with van der Waals surface area (Å²) in [6.07, 6.45) is 3.56. The van der Waals surface area contributed by atoms with Crippen LogP contribution in [-0.4, -0.2) is 27.6 Å². The van der Waals surface area contributed by atoms with Gasteiger partial charge in [-0.1, -0.05) is 6.07 Å². The molecule has 1 aromatic carbocycles. The summed E-state index contributed by atoms with van der Waals surface area (Å²) in [7, 11) is 0. The van der Waals surface area contributed by atoms with Crippen LogP contribution in [0.25, 0.3) is 0 Å². The molecule has 7 heteroatoms. The second kappa shape index (κ2) is 7.76. The summed E-state index contributed by atoms with van der Waals surface area (Å²) in [6.45, 7) is 2.53. The Bertz CT molecular complexity index is 827. The van der Waals surface area contributed by atoms with E-state index in [2.05, 4.69) is 15.7 Å². The maximum atomic E-state index is 12.3. The fourth-order valence-electron chi connectivity index (χ4n) is 2.35. The zero-order chi connectivity index (χ0) is 17.6. The first-order valence-corrected chi connectivity index (χ1v) is 8.73. The number of thiophene rings is 1. The fraction of sp³-hybridized carbons (Fsp3) is 0.167. The van der Waals surface area contributed by atoms with E-state index in [1.54, 1.807) is 41.2 Å². The molecule has 25 heavy (non-hydrogen) atoms. The van der Waals surface area contributed by atoms with E-state index in [-0.39, 0.29) is 17.9 Å². The normalized spacial score (nSPS) is 11.7. The third kappa shape index (κ3) is 4.54. The van der Waals surface area contributed by atoms with Gasteiger partial charge in [-0.25, -0.2) is 0 Å². The minimum Gasteiger partial charge on any atom is -0.348 e. The minimum absolute atomic E-state index is 0.0504. The highest BCUT2D eigenvalue weighted by Gasteiger charge is 2.11. The van der Waals surface area contributed by atoms with Crippen molar-refractivity contribution in [3.8, 4) is 0 Å². The lowest BCUT2D eigenvalue weighted by Gasteiger charge is -2.14. The van der Waals surface area contributed by atoms with Gasteiger partial charge in [-0.15, -0.1) is 11.3 Å². The van der Waals surface area contributed by atoms with Crippen LogP contribution in [0.2, 0.25) is 0 Å². The Morgan fingerprint density at radius 3 is 2.60 bits per heavy atom. The molecular formula is C18H18N4O2S. The van der Waals surface area contributed by atoms with Crippen molar-refractivity contribution in [1.29, 1.82) is 0 Å². The molecule has 2 aromatic heterocycles. The number of aromatic nitrogens is 2. The Hall–Kier alpha value is -2.93. The summed E-state index contributed by atoms with van der Waals surface area (Å²) in [6, 6.07) is 12.2. The molecule has 0 saturated heterocycles. The highest BCUT2D eigenvalue weighted by molar-refractivity contribution is 7.12. The number of nitrogens with zero attached hydrogens (tertiary/aromatic N) is 2. The second-order valence-electron chi connectivity index (χ2n) is 5.61. The van der Waals surface area contributed by atoms with Gasteiger partial charge in [0.1, 0.15) is 0 Å². The summed E-state index contributed by atoms with van der Waals surface area (Å²) in [5.74, 6) is -0.309. The zero-order valence-corrected chi connectivity index (χ0v) is 14.5. The molecule has 2 amide bonds. The number of amides is 2. The first-order valence-electron chi connectivity index (χ1n) is 7.85. The highest BCUT2D eigenvalue weighted by Crippen LogP contribution is 2.14. The highest BCUT2D eigenvalue weighted by atomic mass is 32.1. The number of anilines is 1. The Balaban J connectivity index is 1.56. The molecule has 128 valence electrons. The van der Waals surface area contributed by atoms with Crippen LogP contribution >= 0.6 is 11.3 Å². The Kier molecular flexibility index (Phi) is 5.25. The number of hydrogen-bond donors (Lipinski definition) is 2. The molecule has 0 aliphatic heterocycles. The molecule has 2 N–H and O–H groups in total. The lowest BCUT2D eigenvalue weighted by Crippen LogP contribution is -2.35. The molecule has 0 saturated carbocycles. The molecule has 0 aliphatic carbocycles. The minimum atomic E-state index is -0.157. The van der Waals surface area contributed by atoms with Crippen molar-refractivity contribution in [1.82, 2.24) is 15.1 Å². The van der Waals surface area contributed by atoms with E-state index < -0.39 is 0 Å². The smallest absolute Gasteiger partial charge is 0.265 e. The standard InChI is InChI=1S/C18H18N4O2S/c1-13(12-22-10-3-9-19-22)20-17(23)14-5-7-15(8-6-14)21-18(24)16-4-2-11-25-16/h2-11,13H,12H2,1H3,(H,20,23)(H,21,24)/t13-/m1/s1. The van der Waals surface area contributed by atoms with Crippen LogP contribution in [0.15, 0.2) is 60.2 Å². The largest absolute Gasteiger partial charge is 0.348 e. The Labute approximate surface area is 149 Å². The van der Waals surface area contributed by atoms with Gasteiger partial charge < -0.3 is 10.6 Å². The van der Waals surface area contributed by atoms with E-state index in [1.165, 1.54) is 11.3 Å². The van der Waals surface area contributed by atoms with E-state index in [0.717, 1.165) is 0 Å². The number of hydrogen-bond acceptors (Lipinski definition) is 4. The third-order valence-electron chi connectivity index (χ3n) is 3.55. The number of rotatable bonds is 6. The Morgan fingerprint density at radius 1 is 1.16 bits per heavy atom. The molecule has 0 unspecified atom stereocenters. The average Bonchev–Trinajstić information content (AvgIpc) is 3.29. The number of carbonyl (C=O) groups is 2. The third-order valence-corrected chi connectivity index (χ3v) is 4.42. The molecule has 0 aliphatic rings. The molecule has 1 atom stereocenters. The lowest BCUT2D eigenvalue weighted by molar-refractivity contribution is 0.0935. The lowest BCUT2D eigenvalue weighted by atomic mass is 10.2. The molecular weight excluding hydrogens is 336 g/mol. The van der Waals surface area contributed by atoms with Crippen LogP contribution < -0.4 is 10.6 Å². The number of benzene rings is 1. The van der Waals surface area contributed by atoms with Crippen molar-refractivity contribution in [2.75, 3.05) is 5.32 Å². The van der Waals surface area contributed by atoms with Crippen molar-refractivity contribution in [2.24, 2.45) is 0 Å². The predicted molar refractivity (Wildman–Crippen MR) is 97.9 cm³/mol. The summed E-state index contributed by atoms with van der Waals surface area (Å²) in [4.78, 5) is 24.9. The van der Waals surface area contributed by atoms with Crippen LogP contribution in [-0.2, 0) is 6.54 Å². The van der Waals surface area contributed by atoms with Gasteiger partial charge >= 0.3 is 0 Å². The van der Waals surface area contributed by atoms with Crippen molar-refractivity contribution >= 4 is 28.8 Å². The molecule has 0 radical (unpaired) electrons. The van der Waals surface area contributed by atoms with Gasteiger partial charge in [0, 0.05) is 29.7 Å². The summed E-state index contributed by atoms with van der Waals surface area (Å²) < 4.78 is 1.77. The van der Waals surface area contributed by atoms with Gasteiger partial charge in [0.25, 0.3) is 11.8 Å². The molecule has 3 aromatic rings. The van der Waals surface area contributed by atoms with Crippen molar-refractivity contribution in [3.05, 3.63) is 70.7 Å². The fourth-order valence-corrected chi connectivity index (χ4v) is 2.97. The van der Waals surface area contributed by atoms with E-state index >= 15 is 0 Å². The summed E-state index contributed by atoms with van der Waals surface area (Å²) >= 11 is 1.38. The maximum absolute atomic E-state index is 12.3. The van der Waals surface area contributed by atoms with E-state index in [1.807, 2.05) is 30.6 Å². The van der Waals surface area contributed by atoms with Gasteiger partial charge in [-0.05, 0) is 48.7 Å². The van der Waals surface area contributed by atoms with Crippen LogP contribution in [0, 0.1) is 0 Å². The second-order valence-corrected chi connectivity index (χ2v) is 6.56. The average molecular weight is 354 g/mol. The first-order chi connectivity index (χ1) is 12.1. The molecule has 6 nitrogen and oxygen atoms in total. The monoisotopic (exact) mass is 354 g/mol. The molecule has 0 fully saturated rings. The van der Waals surface area contributed by atoms with Gasteiger partial charge in [0.2, 0.25) is 0 Å². The van der Waals surface area contributed by atoms with Crippen molar-refractivity contribution < 1.29 is 9.59 Å². The van der Waals surface area contributed by atoms with Gasteiger partial charge in [0.15, 0.2) is 0 Å². The van der Waals surface area contributed by atoms with Gasteiger partial charge in [-0.3, -0.25) is 14.3 Å². The molecule has 3 rings (SSSR count). The maximum Gasteiger partial charge on any atom is 0.265 e. The quantitative estimate of drug-likeness (QED) is 0.714. The van der Waals surface area contributed by atoms with Crippen LogP contribution in [0.1, 0.15) is 27.0 Å². The van der Waals surface area contributed by atoms with Crippen LogP contribution in [0.4, 0.5) is 5.69 Å². The number of carbonyl (C=O) groups excluding carboxylic acids is 2. The molecule has 2 heterocycles. The van der Waals surface area contributed by atoms with E-state index in [4.69, 9.17) is 0 Å². The predicted octanol–water partition coefficient (Wildman–Crippen LogP) is 3.02. The van der Waals surface area contributed by atoms with Crippen molar-refractivity contribution in [3.63, 3.8) is 0 Å². The van der Waals surface area contributed by atoms with Crippen molar-refractivity contribution in [2.45, 2.75) is 19.5 Å². The van der Waals surface area contributed by atoms with Gasteiger partial charge in [-0.2, -0.15) is 5.10 Å². The van der Waals surface area contributed by atoms with E-state index in [9.17, 15) is 9.59 Å². The SMILES string of the molecule is C[C@H](Cn1cccn1)NC(=O)c1ccc(NC(=O)c2cccs2)cc1. The van der Waals surface area contributed by atoms with Gasteiger partial charge in [0.05, 0.1) is 11.4 Å². The topological polar surface area (TPSA) is 76.0 Å². The molecule has 0 bridgehead atoms.